The van der Waals surface area contributed by atoms with Gasteiger partial charge in [0.25, 0.3) is 0 Å². The Bertz CT molecular complexity index is 567. The molecule has 1 fully saturated rings. The number of benzene rings is 1. The Hall–Kier alpha value is -2.34. The van der Waals surface area contributed by atoms with Crippen molar-refractivity contribution in [2.24, 2.45) is 5.92 Å². The van der Waals surface area contributed by atoms with Crippen LogP contribution >= 0.6 is 0 Å². The van der Waals surface area contributed by atoms with Gasteiger partial charge in [0.1, 0.15) is 5.75 Å². The lowest BCUT2D eigenvalue weighted by Gasteiger charge is -2.29. The molecule has 1 N–H and O–H groups in total. The molecule has 2 rings (SSSR count). The van der Waals surface area contributed by atoms with Crippen molar-refractivity contribution in [1.82, 2.24) is 4.90 Å². The van der Waals surface area contributed by atoms with E-state index in [-0.39, 0.29) is 19.2 Å². The first-order valence-corrected chi connectivity index (χ1v) is 7.51. The van der Waals surface area contributed by atoms with Crippen molar-refractivity contribution in [3.8, 4) is 5.75 Å². The summed E-state index contributed by atoms with van der Waals surface area (Å²) in [6.45, 7) is 1.08. The standard InChI is InChI=1S/C17H21NO5/c1-22-12-23-15-7-4-13(5-8-15)6-9-16(19)18-10-2-3-14(11-18)17(20)21/h4-9,14H,2-3,10-12H2,1H3,(H,20,21)/b9-6+. The Morgan fingerprint density at radius 2 is 2.09 bits per heavy atom. The third-order valence-electron chi connectivity index (χ3n) is 3.72. The zero-order chi connectivity index (χ0) is 16.7. The van der Waals surface area contributed by atoms with Crippen LogP contribution in [-0.4, -0.2) is 48.9 Å². The van der Waals surface area contributed by atoms with Crippen LogP contribution in [0, 0.1) is 5.92 Å². The molecule has 23 heavy (non-hydrogen) atoms. The summed E-state index contributed by atoms with van der Waals surface area (Å²) in [5.41, 5.74) is 0.870. The first-order chi connectivity index (χ1) is 11.1. The number of carbonyl (C=O) groups excluding carboxylic acids is 1. The number of hydrogen-bond acceptors (Lipinski definition) is 4. The van der Waals surface area contributed by atoms with Crippen LogP contribution in [0.2, 0.25) is 0 Å². The van der Waals surface area contributed by atoms with Gasteiger partial charge in [0.2, 0.25) is 5.91 Å². The topological polar surface area (TPSA) is 76.1 Å². The number of likely N-dealkylation sites (tertiary alicyclic amines) is 1. The van der Waals surface area contributed by atoms with E-state index >= 15 is 0 Å². The third kappa shape index (κ3) is 5.10. The number of amides is 1. The lowest BCUT2D eigenvalue weighted by atomic mass is 9.98. The van der Waals surface area contributed by atoms with E-state index in [0.717, 1.165) is 12.0 Å². The van der Waals surface area contributed by atoms with Gasteiger partial charge in [-0.05, 0) is 36.6 Å². The molecule has 1 saturated heterocycles. The second-order valence-electron chi connectivity index (χ2n) is 5.41. The summed E-state index contributed by atoms with van der Waals surface area (Å²) >= 11 is 0. The minimum atomic E-state index is -0.835. The number of hydrogen-bond donors (Lipinski definition) is 1. The van der Waals surface area contributed by atoms with E-state index in [1.165, 1.54) is 6.08 Å². The maximum Gasteiger partial charge on any atom is 0.308 e. The average molecular weight is 319 g/mol. The van der Waals surface area contributed by atoms with E-state index in [2.05, 4.69) is 0 Å². The highest BCUT2D eigenvalue weighted by molar-refractivity contribution is 5.92. The van der Waals surface area contributed by atoms with E-state index in [1.807, 2.05) is 12.1 Å². The van der Waals surface area contributed by atoms with Crippen LogP contribution in [0.5, 0.6) is 5.75 Å². The van der Waals surface area contributed by atoms with Crippen LogP contribution in [0.25, 0.3) is 6.08 Å². The van der Waals surface area contributed by atoms with E-state index in [1.54, 1.807) is 30.2 Å². The van der Waals surface area contributed by atoms with Gasteiger partial charge in [0.15, 0.2) is 6.79 Å². The van der Waals surface area contributed by atoms with Gasteiger partial charge in [0.05, 0.1) is 5.92 Å². The zero-order valence-electron chi connectivity index (χ0n) is 13.1. The number of rotatable bonds is 6. The Balaban J connectivity index is 1.91. The molecule has 1 aliphatic heterocycles. The second kappa shape index (κ2) is 8.33. The molecule has 1 heterocycles. The first kappa shape index (κ1) is 17.0. The summed E-state index contributed by atoms with van der Waals surface area (Å²) in [6, 6.07) is 7.27. The highest BCUT2D eigenvalue weighted by Crippen LogP contribution is 2.17. The SMILES string of the molecule is COCOc1ccc(/C=C/C(=O)N2CCCC(C(=O)O)C2)cc1. The number of nitrogens with zero attached hydrogens (tertiary/aromatic N) is 1. The van der Waals surface area contributed by atoms with Crippen LogP contribution < -0.4 is 4.74 Å². The van der Waals surface area contributed by atoms with E-state index in [9.17, 15) is 9.59 Å². The molecule has 1 amide bonds. The van der Waals surface area contributed by atoms with Gasteiger partial charge < -0.3 is 19.5 Å². The maximum atomic E-state index is 12.2. The van der Waals surface area contributed by atoms with Gasteiger partial charge >= 0.3 is 5.97 Å². The number of carboxylic acids is 1. The van der Waals surface area contributed by atoms with Crippen LogP contribution in [0.15, 0.2) is 30.3 Å². The maximum absolute atomic E-state index is 12.2. The highest BCUT2D eigenvalue weighted by atomic mass is 16.7. The smallest absolute Gasteiger partial charge is 0.308 e. The van der Waals surface area contributed by atoms with Crippen molar-refractivity contribution >= 4 is 18.0 Å². The van der Waals surface area contributed by atoms with E-state index < -0.39 is 11.9 Å². The molecular weight excluding hydrogens is 298 g/mol. The van der Waals surface area contributed by atoms with Gasteiger partial charge in [-0.3, -0.25) is 9.59 Å². The minimum Gasteiger partial charge on any atom is -0.481 e. The normalized spacial score (nSPS) is 18.1. The van der Waals surface area contributed by atoms with Gasteiger partial charge in [0, 0.05) is 26.3 Å². The lowest BCUT2D eigenvalue weighted by Crippen LogP contribution is -2.41. The van der Waals surface area contributed by atoms with Gasteiger partial charge in [-0.15, -0.1) is 0 Å². The first-order valence-electron chi connectivity index (χ1n) is 7.51. The predicted octanol–water partition coefficient (Wildman–Crippen LogP) is 2.01. The summed E-state index contributed by atoms with van der Waals surface area (Å²) < 4.78 is 10.1. The number of methoxy groups -OCH3 is 1. The van der Waals surface area contributed by atoms with Crippen LogP contribution in [0.4, 0.5) is 0 Å². The molecule has 1 aromatic rings. The highest BCUT2D eigenvalue weighted by Gasteiger charge is 2.26. The quantitative estimate of drug-likeness (QED) is 0.641. The Labute approximate surface area is 135 Å². The molecular formula is C17H21NO5. The number of carbonyl (C=O) groups is 2. The molecule has 0 aromatic heterocycles. The summed E-state index contributed by atoms with van der Waals surface area (Å²) in [6.07, 6.45) is 4.55. The molecule has 0 aliphatic carbocycles. The molecule has 1 aromatic carbocycles. The molecule has 0 spiro atoms. The van der Waals surface area contributed by atoms with Gasteiger partial charge in [-0.2, -0.15) is 0 Å². The van der Waals surface area contributed by atoms with Crippen LogP contribution in [-0.2, 0) is 14.3 Å². The fourth-order valence-electron chi connectivity index (χ4n) is 2.45. The fraction of sp³-hybridized carbons (Fsp3) is 0.412. The second-order valence-corrected chi connectivity index (χ2v) is 5.41. The largest absolute Gasteiger partial charge is 0.481 e. The minimum absolute atomic E-state index is 0.157. The molecule has 0 bridgehead atoms. The monoisotopic (exact) mass is 319 g/mol. The molecule has 6 nitrogen and oxygen atoms in total. The van der Waals surface area contributed by atoms with Crippen molar-refractivity contribution in [2.75, 3.05) is 27.0 Å². The van der Waals surface area contributed by atoms with Crippen molar-refractivity contribution in [3.05, 3.63) is 35.9 Å². The molecule has 1 aliphatic rings. The molecule has 0 radical (unpaired) electrons. The summed E-state index contributed by atoms with van der Waals surface area (Å²) in [5, 5.41) is 9.06. The Morgan fingerprint density at radius 3 is 2.74 bits per heavy atom. The zero-order valence-corrected chi connectivity index (χ0v) is 13.1. The van der Waals surface area contributed by atoms with E-state index in [0.29, 0.717) is 18.7 Å². The molecule has 6 heteroatoms. The number of aliphatic carboxylic acids is 1. The average Bonchev–Trinajstić information content (AvgIpc) is 2.58. The summed E-state index contributed by atoms with van der Waals surface area (Å²) in [7, 11) is 1.55. The van der Waals surface area contributed by atoms with Crippen molar-refractivity contribution in [1.29, 1.82) is 0 Å². The Morgan fingerprint density at radius 1 is 1.35 bits per heavy atom. The predicted molar refractivity (Wildman–Crippen MR) is 84.9 cm³/mol. The van der Waals surface area contributed by atoms with E-state index in [4.69, 9.17) is 14.6 Å². The lowest BCUT2D eigenvalue weighted by molar-refractivity contribution is -0.144. The number of carboxylic acid groups (broad SMARTS) is 1. The summed E-state index contributed by atoms with van der Waals surface area (Å²) in [5.74, 6) is -0.761. The summed E-state index contributed by atoms with van der Waals surface area (Å²) in [4.78, 5) is 24.8. The van der Waals surface area contributed by atoms with Crippen molar-refractivity contribution < 1.29 is 24.2 Å². The van der Waals surface area contributed by atoms with Crippen LogP contribution in [0.3, 0.4) is 0 Å². The molecule has 1 atom stereocenters. The molecule has 124 valence electrons. The number of ether oxygens (including phenoxy) is 2. The van der Waals surface area contributed by atoms with Crippen molar-refractivity contribution in [3.63, 3.8) is 0 Å². The van der Waals surface area contributed by atoms with Crippen molar-refractivity contribution in [2.45, 2.75) is 12.8 Å². The van der Waals surface area contributed by atoms with Gasteiger partial charge in [-0.1, -0.05) is 12.1 Å². The third-order valence-corrected chi connectivity index (χ3v) is 3.72. The molecule has 0 saturated carbocycles. The molecule has 1 unspecified atom stereocenters. The van der Waals surface area contributed by atoms with Crippen LogP contribution in [0.1, 0.15) is 18.4 Å². The van der Waals surface area contributed by atoms with Gasteiger partial charge in [-0.25, -0.2) is 0 Å². The number of piperidine rings is 1. The Kier molecular flexibility index (Phi) is 6.17. The fourth-order valence-corrected chi connectivity index (χ4v) is 2.45.